The third-order valence-corrected chi connectivity index (χ3v) is 2.62. The van der Waals surface area contributed by atoms with E-state index in [2.05, 4.69) is 0 Å². The Morgan fingerprint density at radius 2 is 1.41 bits per heavy atom. The van der Waals surface area contributed by atoms with Crippen molar-refractivity contribution in [2.45, 2.75) is 39.0 Å². The van der Waals surface area contributed by atoms with Crippen molar-refractivity contribution in [1.29, 1.82) is 0 Å². The third kappa shape index (κ3) is 5.33. The maximum Gasteiger partial charge on any atom is 0.318 e. The largest absolute Gasteiger partial charge is 0.481 e. The van der Waals surface area contributed by atoms with Crippen molar-refractivity contribution in [3.63, 3.8) is 0 Å². The molecule has 1 atom stereocenters. The van der Waals surface area contributed by atoms with Crippen LogP contribution in [0.4, 0.5) is 0 Å². The van der Waals surface area contributed by atoms with Crippen molar-refractivity contribution < 1.29 is 29.7 Å². The highest BCUT2D eigenvalue weighted by Gasteiger charge is 2.39. The van der Waals surface area contributed by atoms with Crippen molar-refractivity contribution in [3.05, 3.63) is 0 Å². The first-order valence-corrected chi connectivity index (χ1v) is 5.60. The number of hydrogen-bond acceptors (Lipinski definition) is 3. The zero-order valence-corrected chi connectivity index (χ0v) is 9.76. The van der Waals surface area contributed by atoms with Gasteiger partial charge in [-0.15, -0.1) is 0 Å². The van der Waals surface area contributed by atoms with Gasteiger partial charge in [-0.2, -0.15) is 0 Å². The van der Waals surface area contributed by atoms with Gasteiger partial charge in [0, 0.05) is 0 Å². The first kappa shape index (κ1) is 15.4. The number of carboxylic acids is 3. The van der Waals surface area contributed by atoms with Gasteiger partial charge < -0.3 is 15.3 Å². The summed E-state index contributed by atoms with van der Waals surface area (Å²) in [7, 11) is 0. The molecule has 0 radical (unpaired) electrons. The van der Waals surface area contributed by atoms with E-state index in [1.165, 1.54) is 0 Å². The van der Waals surface area contributed by atoms with Gasteiger partial charge in [0.15, 0.2) is 5.92 Å². The summed E-state index contributed by atoms with van der Waals surface area (Å²) in [5.41, 5.74) is 0. The maximum atomic E-state index is 10.9. The minimum atomic E-state index is -1.87. The lowest BCUT2D eigenvalue weighted by atomic mass is 9.87. The Morgan fingerprint density at radius 3 is 1.76 bits per heavy atom. The van der Waals surface area contributed by atoms with Crippen molar-refractivity contribution in [2.24, 2.45) is 11.8 Å². The van der Waals surface area contributed by atoms with Crippen molar-refractivity contribution >= 4 is 17.9 Å². The van der Waals surface area contributed by atoms with Gasteiger partial charge in [-0.3, -0.25) is 14.4 Å². The summed E-state index contributed by atoms with van der Waals surface area (Å²) in [6.45, 7) is 1.99. The summed E-state index contributed by atoms with van der Waals surface area (Å²) in [5.74, 6) is -7.78. The van der Waals surface area contributed by atoms with Gasteiger partial charge in [0.2, 0.25) is 0 Å². The molecular weight excluding hydrogens is 228 g/mol. The van der Waals surface area contributed by atoms with Crippen LogP contribution in [0.3, 0.4) is 0 Å². The third-order valence-electron chi connectivity index (χ3n) is 2.62. The molecule has 6 heteroatoms. The summed E-state index contributed by atoms with van der Waals surface area (Å²) >= 11 is 0. The smallest absolute Gasteiger partial charge is 0.318 e. The molecule has 0 aliphatic heterocycles. The average Bonchev–Trinajstić information content (AvgIpc) is 2.20. The zero-order chi connectivity index (χ0) is 13.4. The lowest BCUT2D eigenvalue weighted by Gasteiger charge is -2.16. The Labute approximate surface area is 99.3 Å². The molecule has 0 aliphatic rings. The Bertz CT molecular complexity index is 272. The van der Waals surface area contributed by atoms with Crippen LogP contribution in [0, 0.1) is 11.8 Å². The minimum absolute atomic E-state index is 0.0819. The second-order valence-electron chi connectivity index (χ2n) is 3.95. The van der Waals surface area contributed by atoms with Crippen molar-refractivity contribution in [3.8, 4) is 0 Å². The molecule has 3 N–H and O–H groups in total. The summed E-state index contributed by atoms with van der Waals surface area (Å²) in [6, 6.07) is 0. The van der Waals surface area contributed by atoms with Gasteiger partial charge in [0.25, 0.3) is 0 Å². The standard InChI is InChI=1S/C11H18O6/c1-2-3-4-5-6-7(9(12)13)8(10(14)15)11(16)17/h7-8H,2-6H2,1H3,(H,12,13)(H,14,15)(H,16,17). The number of unbranched alkanes of at least 4 members (excludes halogenated alkanes) is 3. The van der Waals surface area contributed by atoms with Gasteiger partial charge in [0.1, 0.15) is 0 Å². The SMILES string of the molecule is CCCCCCC(C(=O)O)C(C(=O)O)C(=O)O. The van der Waals surface area contributed by atoms with Crippen molar-refractivity contribution in [1.82, 2.24) is 0 Å². The van der Waals surface area contributed by atoms with E-state index in [9.17, 15) is 14.4 Å². The topological polar surface area (TPSA) is 112 Å². The summed E-state index contributed by atoms with van der Waals surface area (Å²) in [5, 5.41) is 26.3. The van der Waals surface area contributed by atoms with Crippen LogP contribution in [-0.4, -0.2) is 33.2 Å². The van der Waals surface area contributed by atoms with Crippen LogP contribution < -0.4 is 0 Å². The van der Waals surface area contributed by atoms with E-state index in [1.54, 1.807) is 0 Å². The van der Waals surface area contributed by atoms with Crippen LogP contribution in [0.25, 0.3) is 0 Å². The molecule has 0 rings (SSSR count). The molecule has 0 saturated heterocycles. The Hall–Kier alpha value is -1.59. The molecule has 0 bridgehead atoms. The summed E-state index contributed by atoms with van der Waals surface area (Å²) < 4.78 is 0. The van der Waals surface area contributed by atoms with E-state index in [-0.39, 0.29) is 6.42 Å². The lowest BCUT2D eigenvalue weighted by molar-refractivity contribution is -0.164. The molecule has 0 fully saturated rings. The quantitative estimate of drug-likeness (QED) is 0.419. The average molecular weight is 246 g/mol. The van der Waals surface area contributed by atoms with E-state index in [0.717, 1.165) is 19.3 Å². The van der Waals surface area contributed by atoms with Crippen LogP contribution in [0.2, 0.25) is 0 Å². The second kappa shape index (κ2) is 7.65. The molecule has 0 aliphatic carbocycles. The highest BCUT2D eigenvalue weighted by molar-refractivity contribution is 5.97. The zero-order valence-electron chi connectivity index (χ0n) is 9.76. The molecule has 0 aromatic heterocycles. The first-order chi connectivity index (χ1) is 7.91. The fourth-order valence-corrected chi connectivity index (χ4v) is 1.67. The Balaban J connectivity index is 4.53. The number of rotatable bonds is 9. The molecule has 0 heterocycles. The number of carbonyl (C=O) groups is 3. The molecule has 98 valence electrons. The van der Waals surface area contributed by atoms with Gasteiger partial charge >= 0.3 is 17.9 Å². The fourth-order valence-electron chi connectivity index (χ4n) is 1.67. The molecular formula is C11H18O6. The van der Waals surface area contributed by atoms with Crippen molar-refractivity contribution in [2.75, 3.05) is 0 Å². The van der Waals surface area contributed by atoms with E-state index >= 15 is 0 Å². The molecule has 6 nitrogen and oxygen atoms in total. The normalized spacial score (nSPS) is 12.4. The second-order valence-corrected chi connectivity index (χ2v) is 3.95. The molecule has 0 aromatic carbocycles. The van der Waals surface area contributed by atoms with Crippen LogP contribution in [0.1, 0.15) is 39.0 Å². The molecule has 17 heavy (non-hydrogen) atoms. The lowest BCUT2D eigenvalue weighted by Crippen LogP contribution is -2.35. The number of carboxylic acid groups (broad SMARTS) is 3. The number of aliphatic carboxylic acids is 3. The summed E-state index contributed by atoms with van der Waals surface area (Å²) in [4.78, 5) is 32.3. The Morgan fingerprint density at radius 1 is 0.882 bits per heavy atom. The molecule has 0 amide bonds. The molecule has 1 unspecified atom stereocenters. The fraction of sp³-hybridized carbons (Fsp3) is 0.727. The summed E-state index contributed by atoms with van der Waals surface area (Å²) in [6.07, 6.45) is 3.29. The van der Waals surface area contributed by atoms with Crippen LogP contribution >= 0.6 is 0 Å². The first-order valence-electron chi connectivity index (χ1n) is 5.60. The van der Waals surface area contributed by atoms with E-state index in [4.69, 9.17) is 15.3 Å². The minimum Gasteiger partial charge on any atom is -0.481 e. The van der Waals surface area contributed by atoms with E-state index in [1.807, 2.05) is 6.92 Å². The number of hydrogen-bond donors (Lipinski definition) is 3. The van der Waals surface area contributed by atoms with Gasteiger partial charge in [-0.1, -0.05) is 32.6 Å². The predicted octanol–water partition coefficient (Wildman–Crippen LogP) is 1.44. The van der Waals surface area contributed by atoms with Gasteiger partial charge in [0.05, 0.1) is 5.92 Å². The molecule has 0 saturated carbocycles. The predicted molar refractivity (Wildman–Crippen MR) is 58.6 cm³/mol. The van der Waals surface area contributed by atoms with Crippen LogP contribution in [0.15, 0.2) is 0 Å². The van der Waals surface area contributed by atoms with E-state index in [0.29, 0.717) is 6.42 Å². The van der Waals surface area contributed by atoms with Gasteiger partial charge in [-0.05, 0) is 6.42 Å². The monoisotopic (exact) mass is 246 g/mol. The highest BCUT2D eigenvalue weighted by Crippen LogP contribution is 2.21. The van der Waals surface area contributed by atoms with E-state index < -0.39 is 29.7 Å². The Kier molecular flexibility index (Phi) is 6.93. The van der Waals surface area contributed by atoms with Gasteiger partial charge in [-0.25, -0.2) is 0 Å². The highest BCUT2D eigenvalue weighted by atomic mass is 16.4. The molecule has 0 aromatic rings. The van der Waals surface area contributed by atoms with Crippen LogP contribution in [-0.2, 0) is 14.4 Å². The van der Waals surface area contributed by atoms with Crippen LogP contribution in [0.5, 0.6) is 0 Å². The molecule has 0 spiro atoms. The maximum absolute atomic E-state index is 10.9.